The molecule has 0 fully saturated rings. The predicted octanol–water partition coefficient (Wildman–Crippen LogP) is 3.75. The summed E-state index contributed by atoms with van der Waals surface area (Å²) in [6.07, 6.45) is 1.37. The molecular formula is C17H16N2O4S4. The molecule has 0 bridgehead atoms. The van der Waals surface area contributed by atoms with E-state index in [1.807, 2.05) is 0 Å². The number of benzene rings is 1. The highest BCUT2D eigenvalue weighted by molar-refractivity contribution is 7.95. The number of nitrogens with one attached hydrogen (secondary N) is 1. The van der Waals surface area contributed by atoms with Gasteiger partial charge in [-0.25, -0.2) is 16.8 Å². The summed E-state index contributed by atoms with van der Waals surface area (Å²) in [6, 6.07) is 11.5. The molecule has 0 aliphatic carbocycles. The number of nitrogens with zero attached hydrogens (tertiary/aromatic N) is 1. The second-order valence-electron chi connectivity index (χ2n) is 5.99. The maximum atomic E-state index is 12.9. The Morgan fingerprint density at radius 2 is 1.63 bits per heavy atom. The van der Waals surface area contributed by atoms with Crippen molar-refractivity contribution in [3.8, 4) is 0 Å². The van der Waals surface area contributed by atoms with Crippen LogP contribution in [0.25, 0.3) is 0 Å². The van der Waals surface area contributed by atoms with Gasteiger partial charge in [-0.15, -0.1) is 22.7 Å². The molecule has 6 nitrogen and oxygen atoms in total. The Hall–Kier alpha value is -1.88. The van der Waals surface area contributed by atoms with Crippen molar-refractivity contribution >= 4 is 54.1 Å². The van der Waals surface area contributed by atoms with Crippen molar-refractivity contribution in [1.82, 2.24) is 0 Å². The SMILES string of the molecule is O=S(=O)(Nc1ccc2c(c1)CCCN2S(=O)(=O)c1cccs1)c1cccs1. The predicted molar refractivity (Wildman–Crippen MR) is 109 cm³/mol. The van der Waals surface area contributed by atoms with Crippen LogP contribution in [0, 0.1) is 0 Å². The highest BCUT2D eigenvalue weighted by Crippen LogP contribution is 2.35. The fraction of sp³-hybridized carbons (Fsp3) is 0.176. The number of aryl methyl sites for hydroxylation is 1. The Morgan fingerprint density at radius 1 is 0.926 bits per heavy atom. The van der Waals surface area contributed by atoms with Crippen molar-refractivity contribution in [2.75, 3.05) is 15.6 Å². The average Bonchev–Trinajstić information content (AvgIpc) is 3.34. The molecule has 2 aromatic heterocycles. The number of hydrogen-bond acceptors (Lipinski definition) is 6. The standard InChI is InChI=1S/C17H16N2O4S4/c20-26(21,16-5-2-10-24-16)18-14-7-8-15-13(12-14)4-1-9-19(15)27(22,23)17-6-3-11-25-17/h2-3,5-8,10-12,18H,1,4,9H2. The lowest BCUT2D eigenvalue weighted by Gasteiger charge is -2.30. The summed E-state index contributed by atoms with van der Waals surface area (Å²) >= 11 is 2.33. The summed E-state index contributed by atoms with van der Waals surface area (Å²) in [7, 11) is -7.24. The lowest BCUT2D eigenvalue weighted by molar-refractivity contribution is 0.588. The van der Waals surface area contributed by atoms with Crippen LogP contribution in [-0.4, -0.2) is 23.4 Å². The maximum absolute atomic E-state index is 12.9. The molecule has 0 saturated carbocycles. The van der Waals surface area contributed by atoms with Gasteiger partial charge < -0.3 is 0 Å². The fourth-order valence-corrected chi connectivity index (χ4v) is 7.70. The summed E-state index contributed by atoms with van der Waals surface area (Å²) in [4.78, 5) is 0. The Labute approximate surface area is 166 Å². The van der Waals surface area contributed by atoms with E-state index in [2.05, 4.69) is 4.72 Å². The molecule has 142 valence electrons. The van der Waals surface area contributed by atoms with E-state index in [0.29, 0.717) is 35.0 Å². The van der Waals surface area contributed by atoms with Gasteiger partial charge in [0, 0.05) is 12.2 Å². The monoisotopic (exact) mass is 440 g/mol. The first-order chi connectivity index (χ1) is 12.9. The Kier molecular flexibility index (Phi) is 4.75. The fourth-order valence-electron chi connectivity index (χ4n) is 3.02. The lowest BCUT2D eigenvalue weighted by atomic mass is 10.0. The summed E-state index contributed by atoms with van der Waals surface area (Å²) in [5.41, 5.74) is 1.85. The van der Waals surface area contributed by atoms with E-state index in [9.17, 15) is 16.8 Å². The van der Waals surface area contributed by atoms with Gasteiger partial charge >= 0.3 is 0 Å². The van der Waals surface area contributed by atoms with Crippen LogP contribution in [-0.2, 0) is 26.5 Å². The molecular weight excluding hydrogens is 424 g/mol. The van der Waals surface area contributed by atoms with Crippen LogP contribution in [0.4, 0.5) is 11.4 Å². The zero-order valence-electron chi connectivity index (χ0n) is 14.0. The molecule has 0 amide bonds. The number of fused-ring (bicyclic) bond motifs is 1. The van der Waals surface area contributed by atoms with Gasteiger partial charge in [0.15, 0.2) is 0 Å². The molecule has 3 aromatic rings. The summed E-state index contributed by atoms with van der Waals surface area (Å²) < 4.78 is 55.1. The summed E-state index contributed by atoms with van der Waals surface area (Å²) in [5.74, 6) is 0. The molecule has 0 atom stereocenters. The molecule has 0 saturated heterocycles. The van der Waals surface area contributed by atoms with Crippen molar-refractivity contribution in [2.45, 2.75) is 21.3 Å². The maximum Gasteiger partial charge on any atom is 0.273 e. The van der Waals surface area contributed by atoms with E-state index in [1.165, 1.54) is 15.6 Å². The van der Waals surface area contributed by atoms with Gasteiger partial charge in [0.05, 0.1) is 5.69 Å². The third kappa shape index (κ3) is 3.49. The van der Waals surface area contributed by atoms with Gasteiger partial charge in [0.25, 0.3) is 20.0 Å². The molecule has 4 rings (SSSR count). The van der Waals surface area contributed by atoms with Crippen molar-refractivity contribution in [2.24, 2.45) is 0 Å². The minimum atomic E-state index is -3.64. The molecule has 1 N–H and O–H groups in total. The minimum absolute atomic E-state index is 0.238. The van der Waals surface area contributed by atoms with E-state index >= 15 is 0 Å². The number of sulfonamides is 2. The van der Waals surface area contributed by atoms with E-state index in [4.69, 9.17) is 0 Å². The second-order valence-corrected chi connectivity index (χ2v) is 11.9. The third-order valence-electron chi connectivity index (χ3n) is 4.21. The Morgan fingerprint density at radius 3 is 2.30 bits per heavy atom. The van der Waals surface area contributed by atoms with Gasteiger partial charge in [0.2, 0.25) is 0 Å². The van der Waals surface area contributed by atoms with Crippen LogP contribution in [0.1, 0.15) is 12.0 Å². The van der Waals surface area contributed by atoms with Crippen molar-refractivity contribution in [1.29, 1.82) is 0 Å². The molecule has 1 aromatic carbocycles. The van der Waals surface area contributed by atoms with Gasteiger partial charge in [-0.3, -0.25) is 9.03 Å². The molecule has 1 aliphatic heterocycles. The first-order valence-electron chi connectivity index (χ1n) is 8.13. The molecule has 10 heteroatoms. The zero-order chi connectivity index (χ0) is 19.1. The summed E-state index contributed by atoms with van der Waals surface area (Å²) in [5, 5.41) is 3.44. The van der Waals surface area contributed by atoms with Gasteiger partial charge in [-0.1, -0.05) is 12.1 Å². The van der Waals surface area contributed by atoms with Crippen molar-refractivity contribution in [3.05, 3.63) is 58.8 Å². The van der Waals surface area contributed by atoms with Crippen LogP contribution in [0.15, 0.2) is 61.6 Å². The molecule has 1 aliphatic rings. The van der Waals surface area contributed by atoms with Gasteiger partial charge in [-0.2, -0.15) is 0 Å². The molecule has 0 radical (unpaired) electrons. The average molecular weight is 441 g/mol. The Bertz CT molecular complexity index is 1150. The molecule has 0 spiro atoms. The highest BCUT2D eigenvalue weighted by atomic mass is 32.3. The first kappa shape index (κ1) is 18.5. The number of rotatable bonds is 5. The largest absolute Gasteiger partial charge is 0.279 e. The highest BCUT2D eigenvalue weighted by Gasteiger charge is 2.30. The van der Waals surface area contributed by atoms with Crippen LogP contribution in [0.5, 0.6) is 0 Å². The number of thiophene rings is 2. The molecule has 3 heterocycles. The van der Waals surface area contributed by atoms with Crippen molar-refractivity contribution < 1.29 is 16.8 Å². The van der Waals surface area contributed by atoms with Crippen LogP contribution in [0.3, 0.4) is 0 Å². The van der Waals surface area contributed by atoms with E-state index in [0.717, 1.165) is 16.9 Å². The number of hydrogen-bond donors (Lipinski definition) is 1. The van der Waals surface area contributed by atoms with Crippen molar-refractivity contribution in [3.63, 3.8) is 0 Å². The lowest BCUT2D eigenvalue weighted by Crippen LogP contribution is -2.35. The molecule has 0 unspecified atom stereocenters. The third-order valence-corrected chi connectivity index (χ3v) is 10.2. The zero-order valence-corrected chi connectivity index (χ0v) is 17.3. The van der Waals surface area contributed by atoms with Gasteiger partial charge in [0.1, 0.15) is 8.42 Å². The van der Waals surface area contributed by atoms with Gasteiger partial charge in [-0.05, 0) is 59.5 Å². The van der Waals surface area contributed by atoms with E-state index in [-0.39, 0.29) is 4.21 Å². The van der Waals surface area contributed by atoms with Crippen LogP contribution < -0.4 is 9.03 Å². The minimum Gasteiger partial charge on any atom is -0.279 e. The quantitative estimate of drug-likeness (QED) is 0.655. The second kappa shape index (κ2) is 6.93. The summed E-state index contributed by atoms with van der Waals surface area (Å²) in [6.45, 7) is 0.410. The number of anilines is 2. The Balaban J connectivity index is 1.67. The van der Waals surface area contributed by atoms with E-state index in [1.54, 1.807) is 53.2 Å². The normalized spacial score (nSPS) is 14.7. The van der Waals surface area contributed by atoms with Crippen LogP contribution in [0.2, 0.25) is 0 Å². The first-order valence-corrected chi connectivity index (χ1v) is 12.8. The molecule has 27 heavy (non-hydrogen) atoms. The smallest absolute Gasteiger partial charge is 0.273 e. The van der Waals surface area contributed by atoms with Crippen LogP contribution >= 0.6 is 22.7 Å². The van der Waals surface area contributed by atoms with E-state index < -0.39 is 20.0 Å². The topological polar surface area (TPSA) is 83.6 Å².